The smallest absolute Gasteiger partial charge is 0.0412 e. The van der Waals surface area contributed by atoms with Crippen molar-refractivity contribution in [2.75, 3.05) is 0 Å². The monoisotopic (exact) mass is 392 g/mol. The summed E-state index contributed by atoms with van der Waals surface area (Å²) in [7, 11) is 0. The molecule has 0 spiro atoms. The van der Waals surface area contributed by atoms with E-state index >= 15 is 0 Å². The van der Waals surface area contributed by atoms with Crippen LogP contribution < -0.4 is 0 Å². The van der Waals surface area contributed by atoms with Crippen molar-refractivity contribution >= 4 is 33.1 Å². The van der Waals surface area contributed by atoms with Crippen molar-refractivity contribution < 1.29 is 0 Å². The Balaban J connectivity index is 2.06. The van der Waals surface area contributed by atoms with Gasteiger partial charge >= 0.3 is 0 Å². The molecule has 0 aliphatic heterocycles. The Morgan fingerprint density at radius 3 is 1.48 bits per heavy atom. The van der Waals surface area contributed by atoms with Crippen LogP contribution in [0.3, 0.4) is 0 Å². The summed E-state index contributed by atoms with van der Waals surface area (Å²) in [4.78, 5) is 0. The van der Waals surface area contributed by atoms with E-state index in [2.05, 4.69) is 98.8 Å². The van der Waals surface area contributed by atoms with Crippen molar-refractivity contribution in [1.29, 1.82) is 0 Å². The molecule has 0 nitrogen and oxygen atoms in total. The lowest BCUT2D eigenvalue weighted by atomic mass is 9.84. The van der Waals surface area contributed by atoms with Crippen LogP contribution in [0.1, 0.15) is 11.1 Å². The Kier molecular flexibility index (Phi) is 4.38. The summed E-state index contributed by atoms with van der Waals surface area (Å²) >= 11 is 6.50. The average Bonchev–Trinajstić information content (AvgIpc) is 2.73. The van der Waals surface area contributed by atoms with Gasteiger partial charge in [0.1, 0.15) is 0 Å². The molecular formula is C28H21Cl. The minimum Gasteiger partial charge on any atom is -0.0843 e. The van der Waals surface area contributed by atoms with Crippen LogP contribution in [-0.2, 0) is 0 Å². The van der Waals surface area contributed by atoms with Crippen LogP contribution in [-0.4, -0.2) is 0 Å². The first-order valence-electron chi connectivity index (χ1n) is 9.91. The van der Waals surface area contributed by atoms with Gasteiger partial charge in [0.05, 0.1) is 0 Å². The minimum atomic E-state index is 0.762. The highest BCUT2D eigenvalue weighted by Gasteiger charge is 2.18. The molecule has 5 aromatic rings. The maximum absolute atomic E-state index is 6.50. The molecule has 0 saturated carbocycles. The molecule has 1 heteroatoms. The van der Waals surface area contributed by atoms with Gasteiger partial charge in [-0.2, -0.15) is 0 Å². The summed E-state index contributed by atoms with van der Waals surface area (Å²) in [6.45, 7) is 4.36. The fourth-order valence-electron chi connectivity index (χ4n) is 4.44. The third-order valence-electron chi connectivity index (χ3n) is 5.81. The van der Waals surface area contributed by atoms with Crippen molar-refractivity contribution in [1.82, 2.24) is 0 Å². The Labute approximate surface area is 176 Å². The van der Waals surface area contributed by atoms with Crippen LogP contribution in [0, 0.1) is 13.8 Å². The van der Waals surface area contributed by atoms with Gasteiger partial charge in [-0.1, -0.05) is 90.5 Å². The van der Waals surface area contributed by atoms with E-state index in [1.54, 1.807) is 0 Å². The van der Waals surface area contributed by atoms with Crippen molar-refractivity contribution in [2.24, 2.45) is 0 Å². The normalized spacial score (nSPS) is 11.3. The molecule has 29 heavy (non-hydrogen) atoms. The zero-order valence-corrected chi connectivity index (χ0v) is 17.3. The summed E-state index contributed by atoms with van der Waals surface area (Å²) in [6.07, 6.45) is 0. The predicted octanol–water partition coefficient (Wildman–Crippen LogP) is 8.60. The Bertz CT molecular complexity index is 1380. The Hall–Kier alpha value is -3.09. The van der Waals surface area contributed by atoms with E-state index in [1.165, 1.54) is 54.9 Å². The highest BCUT2D eigenvalue weighted by atomic mass is 35.5. The highest BCUT2D eigenvalue weighted by Crippen LogP contribution is 2.45. The second-order valence-electron chi connectivity index (χ2n) is 7.62. The van der Waals surface area contributed by atoms with Crippen molar-refractivity contribution in [2.45, 2.75) is 13.8 Å². The SMILES string of the molecule is Cc1ccccc1-c1c2ccccc2c(-c2ccccc2C)c2cc(Cl)ccc12. The zero-order valence-electron chi connectivity index (χ0n) is 16.5. The van der Waals surface area contributed by atoms with Gasteiger partial charge in [-0.05, 0) is 80.9 Å². The molecule has 0 amide bonds. The van der Waals surface area contributed by atoms with Crippen LogP contribution in [0.5, 0.6) is 0 Å². The van der Waals surface area contributed by atoms with Crippen LogP contribution in [0.2, 0.25) is 5.02 Å². The molecule has 0 bridgehead atoms. The number of benzene rings is 5. The molecule has 0 aliphatic rings. The second-order valence-corrected chi connectivity index (χ2v) is 8.05. The van der Waals surface area contributed by atoms with Crippen LogP contribution in [0.15, 0.2) is 91.0 Å². The molecule has 0 aromatic heterocycles. The molecule has 140 valence electrons. The second kappa shape index (κ2) is 7.06. The summed E-state index contributed by atoms with van der Waals surface area (Å²) in [6, 6.07) is 32.3. The largest absolute Gasteiger partial charge is 0.0843 e. The first-order valence-corrected chi connectivity index (χ1v) is 10.3. The van der Waals surface area contributed by atoms with Crippen molar-refractivity contribution in [3.05, 3.63) is 107 Å². The van der Waals surface area contributed by atoms with Gasteiger partial charge < -0.3 is 0 Å². The quantitative estimate of drug-likeness (QED) is 0.264. The van der Waals surface area contributed by atoms with Crippen LogP contribution in [0.25, 0.3) is 43.8 Å². The van der Waals surface area contributed by atoms with E-state index in [4.69, 9.17) is 11.6 Å². The molecule has 0 fully saturated rings. The first kappa shape index (κ1) is 18.0. The molecule has 0 heterocycles. The van der Waals surface area contributed by atoms with Gasteiger partial charge in [-0.15, -0.1) is 0 Å². The zero-order chi connectivity index (χ0) is 20.0. The highest BCUT2D eigenvalue weighted by molar-refractivity contribution is 6.32. The molecule has 0 radical (unpaired) electrons. The van der Waals surface area contributed by atoms with Gasteiger partial charge in [-0.3, -0.25) is 0 Å². The van der Waals surface area contributed by atoms with Gasteiger partial charge in [0.15, 0.2) is 0 Å². The Morgan fingerprint density at radius 2 is 0.931 bits per heavy atom. The van der Waals surface area contributed by atoms with Gasteiger partial charge in [0.2, 0.25) is 0 Å². The van der Waals surface area contributed by atoms with Crippen LogP contribution >= 0.6 is 11.6 Å². The Morgan fingerprint density at radius 1 is 0.483 bits per heavy atom. The third-order valence-corrected chi connectivity index (χ3v) is 6.05. The summed E-state index contributed by atoms with van der Waals surface area (Å²) in [5, 5.41) is 5.73. The molecule has 0 saturated heterocycles. The lowest BCUT2D eigenvalue weighted by Crippen LogP contribution is -1.93. The van der Waals surface area contributed by atoms with E-state index in [0.717, 1.165) is 5.02 Å². The maximum atomic E-state index is 6.50. The van der Waals surface area contributed by atoms with Crippen molar-refractivity contribution in [3.63, 3.8) is 0 Å². The molecule has 0 aliphatic carbocycles. The van der Waals surface area contributed by atoms with Gasteiger partial charge in [0.25, 0.3) is 0 Å². The van der Waals surface area contributed by atoms with E-state index in [1.807, 2.05) is 6.07 Å². The minimum absolute atomic E-state index is 0.762. The summed E-state index contributed by atoms with van der Waals surface area (Å²) in [5.74, 6) is 0. The summed E-state index contributed by atoms with van der Waals surface area (Å²) in [5.41, 5.74) is 7.61. The average molecular weight is 393 g/mol. The molecular weight excluding hydrogens is 372 g/mol. The topological polar surface area (TPSA) is 0 Å². The van der Waals surface area contributed by atoms with Crippen LogP contribution in [0.4, 0.5) is 0 Å². The number of aryl methyl sites for hydroxylation is 2. The summed E-state index contributed by atoms with van der Waals surface area (Å²) < 4.78 is 0. The van der Waals surface area contributed by atoms with E-state index in [0.29, 0.717) is 0 Å². The number of rotatable bonds is 2. The van der Waals surface area contributed by atoms with E-state index in [9.17, 15) is 0 Å². The number of hydrogen-bond acceptors (Lipinski definition) is 0. The molecule has 0 unspecified atom stereocenters. The third kappa shape index (κ3) is 2.92. The fraction of sp³-hybridized carbons (Fsp3) is 0.0714. The number of halogens is 1. The standard InChI is InChI=1S/C28H21Cl/c1-18-9-3-5-11-21(18)27-23-13-7-8-14-24(23)28(22-12-6-4-10-19(22)2)26-17-20(29)15-16-25(26)27/h3-17H,1-2H3. The molecule has 0 atom stereocenters. The number of fused-ring (bicyclic) bond motifs is 2. The molecule has 5 aromatic carbocycles. The fourth-order valence-corrected chi connectivity index (χ4v) is 4.61. The molecule has 0 N–H and O–H groups in total. The predicted molar refractivity (Wildman–Crippen MR) is 127 cm³/mol. The first-order chi connectivity index (χ1) is 14.1. The van der Waals surface area contributed by atoms with E-state index in [-0.39, 0.29) is 0 Å². The molecule has 5 rings (SSSR count). The van der Waals surface area contributed by atoms with Gasteiger partial charge in [-0.25, -0.2) is 0 Å². The number of hydrogen-bond donors (Lipinski definition) is 0. The lowest BCUT2D eigenvalue weighted by molar-refractivity contribution is 1.47. The maximum Gasteiger partial charge on any atom is 0.0412 e. The lowest BCUT2D eigenvalue weighted by Gasteiger charge is -2.19. The van der Waals surface area contributed by atoms with Crippen molar-refractivity contribution in [3.8, 4) is 22.3 Å². The van der Waals surface area contributed by atoms with E-state index < -0.39 is 0 Å². The van der Waals surface area contributed by atoms with Gasteiger partial charge in [0, 0.05) is 5.02 Å².